The molecule has 2 unspecified atom stereocenters. The van der Waals surface area contributed by atoms with Gasteiger partial charge in [-0.3, -0.25) is 14.6 Å². The lowest BCUT2D eigenvalue weighted by Crippen LogP contribution is -2.48. The maximum absolute atomic E-state index is 13.7. The molecule has 1 fully saturated rings. The molecule has 2 heterocycles. The molecule has 2 amide bonds. The Hall–Kier alpha value is -3.54. The van der Waals surface area contributed by atoms with E-state index in [4.69, 9.17) is 0 Å². The van der Waals surface area contributed by atoms with Crippen LogP contribution in [0.4, 0.5) is 4.39 Å². The number of carbonyl (C=O) groups excluding carboxylic acids is 2. The van der Waals surface area contributed by atoms with E-state index in [0.717, 1.165) is 11.3 Å². The van der Waals surface area contributed by atoms with Crippen molar-refractivity contribution in [2.75, 3.05) is 19.6 Å². The summed E-state index contributed by atoms with van der Waals surface area (Å²) in [6, 6.07) is 21.3. The van der Waals surface area contributed by atoms with E-state index in [1.807, 2.05) is 48.5 Å². The number of amides is 2. The first-order valence-corrected chi connectivity index (χ1v) is 10.9. The van der Waals surface area contributed by atoms with Crippen LogP contribution in [0.15, 0.2) is 79.0 Å². The molecule has 4 rings (SSSR count). The highest BCUT2D eigenvalue weighted by molar-refractivity contribution is 5.94. The third kappa shape index (κ3) is 5.38. The fourth-order valence-electron chi connectivity index (χ4n) is 4.23. The van der Waals surface area contributed by atoms with Gasteiger partial charge in [0.15, 0.2) is 0 Å². The van der Waals surface area contributed by atoms with Crippen LogP contribution in [0.1, 0.15) is 34.0 Å². The normalized spacial score (nSPS) is 18.2. The van der Waals surface area contributed by atoms with Crippen molar-refractivity contribution >= 4 is 11.8 Å². The molecule has 0 aliphatic carbocycles. The number of benzene rings is 2. The summed E-state index contributed by atoms with van der Waals surface area (Å²) in [5, 5.41) is 3.00. The van der Waals surface area contributed by atoms with Crippen LogP contribution in [-0.2, 0) is 11.2 Å². The van der Waals surface area contributed by atoms with Gasteiger partial charge in [-0.2, -0.15) is 0 Å². The second kappa shape index (κ2) is 10.2. The van der Waals surface area contributed by atoms with Gasteiger partial charge in [0.25, 0.3) is 5.91 Å². The lowest BCUT2D eigenvalue weighted by Gasteiger charge is -2.37. The van der Waals surface area contributed by atoms with E-state index in [-0.39, 0.29) is 23.7 Å². The number of likely N-dealkylation sites (tertiary alicyclic amines) is 1. The number of nitrogens with zero attached hydrogens (tertiary/aromatic N) is 2. The van der Waals surface area contributed by atoms with Crippen molar-refractivity contribution in [3.63, 3.8) is 0 Å². The van der Waals surface area contributed by atoms with Crippen LogP contribution in [0.2, 0.25) is 0 Å². The van der Waals surface area contributed by atoms with Gasteiger partial charge < -0.3 is 10.2 Å². The highest BCUT2D eigenvalue weighted by Gasteiger charge is 2.34. The third-order valence-electron chi connectivity index (χ3n) is 5.86. The zero-order valence-electron chi connectivity index (χ0n) is 17.8. The number of piperidine rings is 1. The topological polar surface area (TPSA) is 62.3 Å². The zero-order valence-corrected chi connectivity index (χ0v) is 17.8. The molecule has 5 nitrogen and oxygen atoms in total. The van der Waals surface area contributed by atoms with Crippen molar-refractivity contribution in [2.45, 2.75) is 18.8 Å². The molecule has 1 aliphatic heterocycles. The van der Waals surface area contributed by atoms with Gasteiger partial charge >= 0.3 is 0 Å². The fraction of sp³-hybridized carbons (Fsp3) is 0.269. The Kier molecular flexibility index (Phi) is 6.90. The Morgan fingerprint density at radius 2 is 1.81 bits per heavy atom. The molecule has 1 saturated heterocycles. The molecule has 0 spiro atoms. The molecule has 32 heavy (non-hydrogen) atoms. The van der Waals surface area contributed by atoms with Gasteiger partial charge in [0.1, 0.15) is 5.82 Å². The van der Waals surface area contributed by atoms with Gasteiger partial charge in [0, 0.05) is 49.4 Å². The van der Waals surface area contributed by atoms with Crippen molar-refractivity contribution in [1.82, 2.24) is 15.2 Å². The predicted octanol–water partition coefficient (Wildman–Crippen LogP) is 3.83. The Morgan fingerprint density at radius 1 is 1.00 bits per heavy atom. The molecule has 0 saturated carbocycles. The molecule has 1 aromatic heterocycles. The number of carbonyl (C=O) groups is 2. The summed E-state index contributed by atoms with van der Waals surface area (Å²) >= 11 is 0. The van der Waals surface area contributed by atoms with Crippen LogP contribution < -0.4 is 5.32 Å². The Bertz CT molecular complexity index is 1060. The number of nitrogens with one attached hydrogen (secondary N) is 1. The molecule has 1 aliphatic rings. The molecule has 0 bridgehead atoms. The quantitative estimate of drug-likeness (QED) is 0.645. The highest BCUT2D eigenvalue weighted by Crippen LogP contribution is 2.31. The van der Waals surface area contributed by atoms with Crippen LogP contribution in [0.5, 0.6) is 0 Å². The number of halogens is 1. The molecule has 2 aromatic carbocycles. The monoisotopic (exact) mass is 431 g/mol. The maximum Gasteiger partial charge on any atom is 0.253 e. The Balaban J connectivity index is 1.47. The molecule has 1 N–H and O–H groups in total. The maximum atomic E-state index is 13.7. The molecule has 6 heteroatoms. The summed E-state index contributed by atoms with van der Waals surface area (Å²) in [5.41, 5.74) is 2.31. The number of hydrogen-bond donors (Lipinski definition) is 1. The number of aromatic nitrogens is 1. The standard InChI is InChI=1S/C26H26FN3O2/c27-23-10-6-9-20(16-23)26(32)30-17-21(19-7-2-1-3-8-19)15-22(18-30)25(31)29-14-12-24-11-4-5-13-28-24/h1-11,13,16,21-22H,12,14-15,17-18H2,(H,29,31). The second-order valence-corrected chi connectivity index (χ2v) is 8.12. The molecule has 3 aromatic rings. The first-order valence-electron chi connectivity index (χ1n) is 10.9. The fourth-order valence-corrected chi connectivity index (χ4v) is 4.23. The van der Waals surface area contributed by atoms with E-state index in [0.29, 0.717) is 38.0 Å². The van der Waals surface area contributed by atoms with Crippen molar-refractivity contribution < 1.29 is 14.0 Å². The van der Waals surface area contributed by atoms with E-state index in [2.05, 4.69) is 10.3 Å². The summed E-state index contributed by atoms with van der Waals surface area (Å²) in [6.45, 7) is 1.30. The van der Waals surface area contributed by atoms with Crippen LogP contribution in [-0.4, -0.2) is 41.3 Å². The van der Waals surface area contributed by atoms with E-state index < -0.39 is 5.82 Å². The minimum absolute atomic E-state index is 0.0361. The van der Waals surface area contributed by atoms with Crippen molar-refractivity contribution in [1.29, 1.82) is 0 Å². The van der Waals surface area contributed by atoms with Gasteiger partial charge in [0.2, 0.25) is 5.91 Å². The predicted molar refractivity (Wildman–Crippen MR) is 121 cm³/mol. The molecule has 164 valence electrons. The van der Waals surface area contributed by atoms with E-state index in [1.165, 1.54) is 18.2 Å². The summed E-state index contributed by atoms with van der Waals surface area (Å²) in [4.78, 5) is 32.1. The number of pyridine rings is 1. The first kappa shape index (κ1) is 21.7. The lowest BCUT2D eigenvalue weighted by atomic mass is 9.83. The smallest absolute Gasteiger partial charge is 0.253 e. The zero-order chi connectivity index (χ0) is 22.3. The SMILES string of the molecule is O=C(NCCc1ccccn1)C1CC(c2ccccc2)CN(C(=O)c2cccc(F)c2)C1. The Morgan fingerprint density at radius 3 is 2.56 bits per heavy atom. The van der Waals surface area contributed by atoms with E-state index >= 15 is 0 Å². The van der Waals surface area contributed by atoms with Gasteiger partial charge in [0.05, 0.1) is 5.92 Å². The minimum atomic E-state index is -0.448. The molecular formula is C26H26FN3O2. The molecule has 0 radical (unpaired) electrons. The molecular weight excluding hydrogens is 405 g/mol. The molecule has 2 atom stereocenters. The largest absolute Gasteiger partial charge is 0.355 e. The second-order valence-electron chi connectivity index (χ2n) is 8.12. The van der Waals surface area contributed by atoms with E-state index in [9.17, 15) is 14.0 Å². The average Bonchev–Trinajstić information content (AvgIpc) is 2.84. The Labute approximate surface area is 187 Å². The number of rotatable bonds is 6. The minimum Gasteiger partial charge on any atom is -0.355 e. The summed E-state index contributed by atoms with van der Waals surface area (Å²) in [7, 11) is 0. The van der Waals surface area contributed by atoms with Gasteiger partial charge in [-0.15, -0.1) is 0 Å². The number of hydrogen-bond acceptors (Lipinski definition) is 3. The van der Waals surface area contributed by atoms with E-state index in [1.54, 1.807) is 17.2 Å². The summed E-state index contributed by atoms with van der Waals surface area (Å²) in [5.74, 6) is -1.07. The lowest BCUT2D eigenvalue weighted by molar-refractivity contribution is -0.126. The third-order valence-corrected chi connectivity index (χ3v) is 5.86. The van der Waals surface area contributed by atoms with Crippen LogP contribution in [0.25, 0.3) is 0 Å². The summed E-state index contributed by atoms with van der Waals surface area (Å²) in [6.07, 6.45) is 3.04. The van der Waals surface area contributed by atoms with Gasteiger partial charge in [-0.05, 0) is 42.3 Å². The van der Waals surface area contributed by atoms with Crippen LogP contribution in [0.3, 0.4) is 0 Å². The van der Waals surface area contributed by atoms with Crippen molar-refractivity contribution in [2.24, 2.45) is 5.92 Å². The van der Waals surface area contributed by atoms with Crippen molar-refractivity contribution in [3.05, 3.63) is 102 Å². The first-order chi connectivity index (χ1) is 15.6. The average molecular weight is 432 g/mol. The highest BCUT2D eigenvalue weighted by atomic mass is 19.1. The van der Waals surface area contributed by atoms with Crippen LogP contribution in [0, 0.1) is 11.7 Å². The van der Waals surface area contributed by atoms with Crippen LogP contribution >= 0.6 is 0 Å². The van der Waals surface area contributed by atoms with Crippen molar-refractivity contribution in [3.8, 4) is 0 Å². The summed E-state index contributed by atoms with van der Waals surface area (Å²) < 4.78 is 13.7. The van der Waals surface area contributed by atoms with Gasteiger partial charge in [-0.25, -0.2) is 4.39 Å². The van der Waals surface area contributed by atoms with Gasteiger partial charge in [-0.1, -0.05) is 42.5 Å².